The van der Waals surface area contributed by atoms with E-state index in [1.165, 1.54) is 10.8 Å². The van der Waals surface area contributed by atoms with Gasteiger partial charge in [0, 0.05) is 35.0 Å². The lowest BCUT2D eigenvalue weighted by Crippen LogP contribution is -2.33. The first-order valence-electron chi connectivity index (χ1n) is 5.01. The predicted octanol–water partition coefficient (Wildman–Crippen LogP) is -0.262. The van der Waals surface area contributed by atoms with E-state index in [1.807, 2.05) is 0 Å². The summed E-state index contributed by atoms with van der Waals surface area (Å²) in [6.07, 6.45) is 3.37. The highest BCUT2D eigenvalue weighted by Crippen LogP contribution is 2.07. The third kappa shape index (κ3) is 3.39. The van der Waals surface area contributed by atoms with Gasteiger partial charge in [0.1, 0.15) is 11.6 Å². The molecule has 0 aliphatic heterocycles. The summed E-state index contributed by atoms with van der Waals surface area (Å²) < 4.78 is 12.2. The number of nitrogens with zero attached hydrogens (tertiary/aromatic N) is 2. The molecule has 0 aromatic carbocycles. The zero-order valence-electron chi connectivity index (χ0n) is 9.60. The van der Waals surface area contributed by atoms with Gasteiger partial charge in [-0.05, 0) is 13.3 Å². The Morgan fingerprint density at radius 3 is 2.76 bits per heavy atom. The zero-order chi connectivity index (χ0) is 13.0. The van der Waals surface area contributed by atoms with Crippen LogP contribution in [-0.4, -0.2) is 25.8 Å². The maximum atomic E-state index is 11.5. The van der Waals surface area contributed by atoms with Crippen molar-refractivity contribution in [3.63, 3.8) is 0 Å². The second kappa shape index (κ2) is 5.59. The molecule has 2 atom stereocenters. The molecule has 1 rings (SSSR count). The smallest absolute Gasteiger partial charge is 0.296 e. The Kier molecular flexibility index (Phi) is 4.40. The Morgan fingerprint density at radius 1 is 1.59 bits per heavy atom. The van der Waals surface area contributed by atoms with Gasteiger partial charge in [-0.1, -0.05) is 0 Å². The normalized spacial score (nSPS) is 13.9. The molecular formula is C10H13N3O3S. The van der Waals surface area contributed by atoms with Crippen molar-refractivity contribution < 1.29 is 4.21 Å². The third-order valence-electron chi connectivity index (χ3n) is 2.39. The highest BCUT2D eigenvalue weighted by atomic mass is 32.2. The van der Waals surface area contributed by atoms with E-state index in [-0.39, 0.29) is 11.6 Å². The van der Waals surface area contributed by atoms with Gasteiger partial charge >= 0.3 is 5.69 Å². The van der Waals surface area contributed by atoms with Crippen LogP contribution in [0.4, 0.5) is 0 Å². The lowest BCUT2D eigenvalue weighted by Gasteiger charge is -2.13. The Morgan fingerprint density at radius 2 is 2.24 bits per heavy atom. The molecule has 1 aromatic rings. The molecule has 0 saturated heterocycles. The van der Waals surface area contributed by atoms with E-state index in [1.54, 1.807) is 19.2 Å². The fourth-order valence-corrected chi connectivity index (χ4v) is 2.04. The molecule has 0 aliphatic carbocycles. The van der Waals surface area contributed by atoms with Gasteiger partial charge in [-0.2, -0.15) is 5.26 Å². The van der Waals surface area contributed by atoms with Gasteiger partial charge in [0.15, 0.2) is 0 Å². The maximum Gasteiger partial charge on any atom is 0.328 e. The monoisotopic (exact) mass is 255 g/mol. The highest BCUT2D eigenvalue weighted by Gasteiger charge is 2.10. The van der Waals surface area contributed by atoms with Crippen molar-refractivity contribution in [2.75, 3.05) is 12.0 Å². The fourth-order valence-electron chi connectivity index (χ4n) is 1.37. The lowest BCUT2D eigenvalue weighted by atomic mass is 10.2. The molecule has 2 unspecified atom stereocenters. The van der Waals surface area contributed by atoms with Crippen molar-refractivity contribution >= 4 is 10.8 Å². The van der Waals surface area contributed by atoms with Gasteiger partial charge in [0.25, 0.3) is 5.56 Å². The summed E-state index contributed by atoms with van der Waals surface area (Å²) in [5, 5.41) is 8.70. The second-order valence-electron chi connectivity index (χ2n) is 3.74. The van der Waals surface area contributed by atoms with Crippen LogP contribution in [0.15, 0.2) is 15.8 Å². The number of hydrogen-bond donors (Lipinski definition) is 1. The molecule has 1 N–H and O–H groups in total. The van der Waals surface area contributed by atoms with Gasteiger partial charge < -0.3 is 0 Å². The van der Waals surface area contributed by atoms with Gasteiger partial charge in [-0.25, -0.2) is 4.79 Å². The first-order chi connectivity index (χ1) is 7.95. The number of aromatic nitrogens is 2. The van der Waals surface area contributed by atoms with E-state index in [0.717, 1.165) is 0 Å². The predicted molar refractivity (Wildman–Crippen MR) is 64.3 cm³/mol. The van der Waals surface area contributed by atoms with E-state index in [0.29, 0.717) is 12.2 Å². The van der Waals surface area contributed by atoms with Crippen molar-refractivity contribution in [2.24, 2.45) is 0 Å². The molecule has 0 amide bonds. The highest BCUT2D eigenvalue weighted by molar-refractivity contribution is 7.84. The van der Waals surface area contributed by atoms with Gasteiger partial charge in [-0.15, -0.1) is 0 Å². The third-order valence-corrected chi connectivity index (χ3v) is 3.20. The minimum atomic E-state index is -0.930. The minimum absolute atomic E-state index is 0.103. The first kappa shape index (κ1) is 13.4. The van der Waals surface area contributed by atoms with Crippen LogP contribution in [0.25, 0.3) is 0 Å². The molecule has 17 heavy (non-hydrogen) atoms. The van der Waals surface area contributed by atoms with Crippen LogP contribution >= 0.6 is 0 Å². The molecule has 0 saturated carbocycles. The Hall–Kier alpha value is -1.68. The molecule has 0 aliphatic rings. The summed E-state index contributed by atoms with van der Waals surface area (Å²) in [5.74, 6) is 0.467. The number of aromatic amines is 1. The van der Waals surface area contributed by atoms with E-state index in [9.17, 15) is 13.8 Å². The molecule has 0 bridgehead atoms. The van der Waals surface area contributed by atoms with E-state index in [2.05, 4.69) is 4.98 Å². The van der Waals surface area contributed by atoms with Crippen LogP contribution in [-0.2, 0) is 10.8 Å². The standard InChI is InChI=1S/C10H13N3O3S/c1-7(3-4-17(2)16)13-6-8(5-11)9(14)12-10(13)15/h6-7H,3-4H2,1-2H3,(H,12,14,15). The van der Waals surface area contributed by atoms with E-state index in [4.69, 9.17) is 5.26 Å². The van der Waals surface area contributed by atoms with Crippen molar-refractivity contribution in [3.8, 4) is 6.07 Å². The molecule has 0 fully saturated rings. The lowest BCUT2D eigenvalue weighted by molar-refractivity contribution is 0.502. The molecule has 92 valence electrons. The topological polar surface area (TPSA) is 95.7 Å². The molecular weight excluding hydrogens is 242 g/mol. The quantitative estimate of drug-likeness (QED) is 0.801. The Labute approximate surface area is 100 Å². The van der Waals surface area contributed by atoms with Crippen molar-refractivity contribution in [2.45, 2.75) is 19.4 Å². The molecule has 0 radical (unpaired) electrons. The van der Waals surface area contributed by atoms with Crippen molar-refractivity contribution in [1.82, 2.24) is 9.55 Å². The van der Waals surface area contributed by atoms with Crippen LogP contribution < -0.4 is 11.2 Å². The fraction of sp³-hybridized carbons (Fsp3) is 0.500. The number of nitriles is 1. The summed E-state index contributed by atoms with van der Waals surface area (Å²) >= 11 is 0. The Balaban J connectivity index is 3.06. The summed E-state index contributed by atoms with van der Waals surface area (Å²) in [7, 11) is -0.930. The van der Waals surface area contributed by atoms with Crippen LogP contribution in [0, 0.1) is 11.3 Å². The number of hydrogen-bond acceptors (Lipinski definition) is 4. The summed E-state index contributed by atoms with van der Waals surface area (Å²) in [6, 6.07) is 1.51. The first-order valence-corrected chi connectivity index (χ1v) is 6.74. The summed E-state index contributed by atoms with van der Waals surface area (Å²) in [4.78, 5) is 24.8. The van der Waals surface area contributed by atoms with Crippen LogP contribution in [0.5, 0.6) is 0 Å². The van der Waals surface area contributed by atoms with Gasteiger partial charge in [0.05, 0.1) is 0 Å². The summed E-state index contributed by atoms with van der Waals surface area (Å²) in [5.41, 5.74) is -1.34. The molecule has 0 spiro atoms. The average molecular weight is 255 g/mol. The van der Waals surface area contributed by atoms with Crippen LogP contribution in [0.1, 0.15) is 24.9 Å². The minimum Gasteiger partial charge on any atom is -0.296 e. The van der Waals surface area contributed by atoms with Gasteiger partial charge in [-0.3, -0.25) is 18.6 Å². The number of nitrogens with one attached hydrogen (secondary N) is 1. The van der Waals surface area contributed by atoms with Crippen LogP contribution in [0.3, 0.4) is 0 Å². The van der Waals surface area contributed by atoms with E-state index < -0.39 is 22.0 Å². The molecule has 6 nitrogen and oxygen atoms in total. The Bertz CT molecular complexity index is 582. The average Bonchev–Trinajstić information content (AvgIpc) is 2.26. The van der Waals surface area contributed by atoms with Gasteiger partial charge in [0.2, 0.25) is 0 Å². The van der Waals surface area contributed by atoms with E-state index >= 15 is 0 Å². The zero-order valence-corrected chi connectivity index (χ0v) is 10.4. The second-order valence-corrected chi connectivity index (χ2v) is 5.29. The van der Waals surface area contributed by atoms with Crippen molar-refractivity contribution in [1.29, 1.82) is 5.26 Å². The molecule has 1 aromatic heterocycles. The summed E-state index contributed by atoms with van der Waals surface area (Å²) in [6.45, 7) is 1.77. The largest absolute Gasteiger partial charge is 0.328 e. The molecule has 1 heterocycles. The number of rotatable bonds is 4. The van der Waals surface area contributed by atoms with Crippen molar-refractivity contribution in [3.05, 3.63) is 32.6 Å². The molecule has 7 heteroatoms. The SMILES string of the molecule is CC(CCS(C)=O)n1cc(C#N)c(=O)[nH]c1=O. The maximum absolute atomic E-state index is 11.5. The number of H-pyrrole nitrogens is 1. The van der Waals surface area contributed by atoms with Crippen LogP contribution in [0.2, 0.25) is 0 Å².